The fourth-order valence-electron chi connectivity index (χ4n) is 10.4. The molecule has 4 aliphatic rings. The third-order valence-corrected chi connectivity index (χ3v) is 14.3. The minimum atomic E-state index is -2.51. The van der Waals surface area contributed by atoms with Crippen LogP contribution in [-0.4, -0.2) is 127 Å². The highest BCUT2D eigenvalue weighted by Gasteiger charge is 2.56. The molecule has 1 saturated carbocycles. The smallest absolute Gasteiger partial charge is 0.329 e. The zero-order valence-corrected chi connectivity index (χ0v) is 40.2. The summed E-state index contributed by atoms with van der Waals surface area (Å²) in [5, 5.41) is 23.9. The normalized spacial score (nSPS) is 36.6. The van der Waals surface area contributed by atoms with Gasteiger partial charge in [-0.25, -0.2) is 4.79 Å². The quantitative estimate of drug-likeness (QED) is 0.101. The first kappa shape index (κ1) is 52.6. The standard InChI is InChI=1S/C51H78N2O12/c1-9-38-24-31(2)23-32(3)25-44(60-7)47-45(61-8)27-34(5)51(59,65-47)48(56)49(57)53-20-14-13-17-40(53)50(58)64-46(35(6)41(54)29-42(38)55)33(4)26-37-18-19-39(52)43(28-37)63-22-21-62-30-36-15-11-10-12-16-36/h10-12,15-16,24,26,32,34-35,37-41,43-47,54,59H,9,13-14,17-23,25,27-30,52H2,1-8H3. The number of ketones is 2. The highest BCUT2D eigenvalue weighted by Crippen LogP contribution is 2.39. The number of amides is 1. The fourth-order valence-corrected chi connectivity index (χ4v) is 10.4. The summed E-state index contributed by atoms with van der Waals surface area (Å²) in [4.78, 5) is 58.3. The van der Waals surface area contributed by atoms with E-state index in [0.717, 1.165) is 17.6 Å². The van der Waals surface area contributed by atoms with Gasteiger partial charge in [0.2, 0.25) is 5.79 Å². The Bertz CT molecular complexity index is 1790. The number of carbonyl (C=O) groups excluding carboxylic acids is 4. The zero-order chi connectivity index (χ0) is 47.4. The van der Waals surface area contributed by atoms with Gasteiger partial charge < -0.3 is 49.3 Å². The SMILES string of the molecule is CCC1C=C(C)CC(C)CC(OC)C2OC(O)(C(=O)C(=O)N3CCCCC3C(=O)OC(C(C)=CC3CCC(N)C(OCCOCc4ccccc4)C3)C(C)C(O)CC1=O)C(C)CC2OC. The van der Waals surface area contributed by atoms with Crippen LogP contribution < -0.4 is 5.73 Å². The fraction of sp³-hybridized carbons (Fsp3) is 0.725. The van der Waals surface area contributed by atoms with Crippen LogP contribution in [0.1, 0.15) is 118 Å². The number of nitrogens with zero attached hydrogens (tertiary/aromatic N) is 1. The lowest BCUT2D eigenvalue weighted by atomic mass is 9.81. The molecule has 14 unspecified atom stereocenters. The molecule has 2 saturated heterocycles. The maximum atomic E-state index is 14.5. The summed E-state index contributed by atoms with van der Waals surface area (Å²) in [6.45, 7) is 12.6. The number of aliphatic hydroxyl groups is 2. The van der Waals surface area contributed by atoms with Crippen molar-refractivity contribution in [2.24, 2.45) is 35.3 Å². The summed E-state index contributed by atoms with van der Waals surface area (Å²) in [5.41, 5.74) is 9.32. The van der Waals surface area contributed by atoms with Crippen LogP contribution in [0.5, 0.6) is 0 Å². The van der Waals surface area contributed by atoms with E-state index >= 15 is 0 Å². The summed E-state index contributed by atoms with van der Waals surface area (Å²) in [6.07, 6.45) is 4.80. The molecule has 4 N–H and O–H groups in total. The molecule has 1 amide bonds. The molecule has 0 spiro atoms. The highest BCUT2D eigenvalue weighted by atomic mass is 16.7. The Hall–Kier alpha value is -3.34. The first-order valence-corrected chi connectivity index (χ1v) is 24.1. The number of cyclic esters (lactones) is 1. The molecular formula is C51H78N2O12. The van der Waals surface area contributed by atoms with Crippen LogP contribution in [0.15, 0.2) is 53.6 Å². The molecule has 1 aromatic rings. The molecular weight excluding hydrogens is 833 g/mol. The van der Waals surface area contributed by atoms with E-state index in [1.165, 1.54) is 19.1 Å². The van der Waals surface area contributed by atoms with Crippen LogP contribution in [0.3, 0.4) is 0 Å². The lowest BCUT2D eigenvalue weighted by molar-refractivity contribution is -0.302. The number of aliphatic hydroxyl groups excluding tert-OH is 1. The van der Waals surface area contributed by atoms with Gasteiger partial charge in [0, 0.05) is 51.0 Å². The van der Waals surface area contributed by atoms with E-state index in [4.69, 9.17) is 34.2 Å². The molecule has 0 aromatic heterocycles. The van der Waals surface area contributed by atoms with Gasteiger partial charge in [-0.3, -0.25) is 14.4 Å². The van der Waals surface area contributed by atoms with Crippen molar-refractivity contribution >= 4 is 23.4 Å². The molecule has 1 aromatic carbocycles. The van der Waals surface area contributed by atoms with Crippen LogP contribution in [0.25, 0.3) is 0 Å². The number of nitrogens with two attached hydrogens (primary N) is 1. The van der Waals surface area contributed by atoms with Gasteiger partial charge >= 0.3 is 5.97 Å². The Labute approximate surface area is 386 Å². The van der Waals surface area contributed by atoms with Crippen molar-refractivity contribution in [1.29, 1.82) is 0 Å². The second kappa shape index (κ2) is 24.6. The molecule has 0 radical (unpaired) electrons. The number of allylic oxidation sites excluding steroid dienone is 3. The van der Waals surface area contributed by atoms with Gasteiger partial charge in [-0.15, -0.1) is 0 Å². The minimum absolute atomic E-state index is 0.0164. The number of methoxy groups -OCH3 is 2. The Balaban J connectivity index is 1.43. The van der Waals surface area contributed by atoms with Gasteiger partial charge in [-0.05, 0) is 101 Å². The van der Waals surface area contributed by atoms with Crippen LogP contribution in [-0.2, 0) is 54.2 Å². The number of Topliss-reactive ketones (excluding diaryl/α,β-unsaturated/α-hetero) is 2. The summed E-state index contributed by atoms with van der Waals surface area (Å²) >= 11 is 0. The molecule has 65 heavy (non-hydrogen) atoms. The van der Waals surface area contributed by atoms with E-state index in [9.17, 15) is 29.4 Å². The number of hydrogen-bond acceptors (Lipinski definition) is 13. The maximum absolute atomic E-state index is 14.5. The van der Waals surface area contributed by atoms with Crippen LogP contribution >= 0.6 is 0 Å². The van der Waals surface area contributed by atoms with Crippen molar-refractivity contribution < 1.29 is 57.8 Å². The predicted octanol–water partition coefficient (Wildman–Crippen LogP) is 6.03. The van der Waals surface area contributed by atoms with E-state index < -0.39 is 77.8 Å². The predicted molar refractivity (Wildman–Crippen MR) is 245 cm³/mol. The van der Waals surface area contributed by atoms with Gasteiger partial charge in [-0.2, -0.15) is 0 Å². The second-order valence-corrected chi connectivity index (χ2v) is 19.4. The molecule has 14 heteroatoms. The average molecular weight is 911 g/mol. The van der Waals surface area contributed by atoms with Gasteiger partial charge in [0.25, 0.3) is 11.7 Å². The molecule has 5 rings (SSSR count). The second-order valence-electron chi connectivity index (χ2n) is 19.4. The summed E-state index contributed by atoms with van der Waals surface area (Å²) < 4.78 is 36.5. The number of carbonyl (C=O) groups is 4. The van der Waals surface area contributed by atoms with E-state index in [-0.39, 0.29) is 55.6 Å². The third kappa shape index (κ3) is 13.6. The van der Waals surface area contributed by atoms with E-state index in [0.29, 0.717) is 70.3 Å². The number of benzene rings is 1. The lowest BCUT2D eigenvalue weighted by Crippen LogP contribution is -2.64. The number of esters is 1. The molecule has 2 bridgehead atoms. The zero-order valence-electron chi connectivity index (χ0n) is 40.2. The Morgan fingerprint density at radius 3 is 2.34 bits per heavy atom. The highest BCUT2D eigenvalue weighted by molar-refractivity contribution is 6.39. The maximum Gasteiger partial charge on any atom is 0.329 e. The first-order valence-electron chi connectivity index (χ1n) is 24.1. The van der Waals surface area contributed by atoms with E-state index in [1.54, 1.807) is 13.8 Å². The summed E-state index contributed by atoms with van der Waals surface area (Å²) in [7, 11) is 3.08. The van der Waals surface area contributed by atoms with Crippen molar-refractivity contribution in [1.82, 2.24) is 4.90 Å². The summed E-state index contributed by atoms with van der Waals surface area (Å²) in [5.74, 6) is -7.50. The van der Waals surface area contributed by atoms with Crippen LogP contribution in [0.4, 0.5) is 0 Å². The number of hydrogen-bond donors (Lipinski definition) is 3. The lowest BCUT2D eigenvalue weighted by Gasteiger charge is -2.47. The van der Waals surface area contributed by atoms with Gasteiger partial charge in [0.15, 0.2) is 0 Å². The van der Waals surface area contributed by atoms with Crippen molar-refractivity contribution in [2.45, 2.75) is 173 Å². The van der Waals surface area contributed by atoms with Crippen molar-refractivity contribution in [2.75, 3.05) is 34.0 Å². The van der Waals surface area contributed by atoms with Gasteiger partial charge in [0.1, 0.15) is 24.0 Å². The van der Waals surface area contributed by atoms with E-state index in [2.05, 4.69) is 13.0 Å². The molecule has 3 fully saturated rings. The van der Waals surface area contributed by atoms with Crippen molar-refractivity contribution in [3.63, 3.8) is 0 Å². The number of rotatable bonds is 11. The van der Waals surface area contributed by atoms with Crippen molar-refractivity contribution in [3.8, 4) is 0 Å². The monoisotopic (exact) mass is 911 g/mol. The minimum Gasteiger partial charge on any atom is -0.456 e. The number of fused-ring (bicyclic) bond motifs is 3. The van der Waals surface area contributed by atoms with Gasteiger partial charge in [0.05, 0.1) is 44.2 Å². The Morgan fingerprint density at radius 1 is 0.938 bits per heavy atom. The molecule has 3 heterocycles. The molecule has 14 nitrogen and oxygen atoms in total. The molecule has 14 atom stereocenters. The Kier molecular flexibility index (Phi) is 19.9. The largest absolute Gasteiger partial charge is 0.456 e. The summed E-state index contributed by atoms with van der Waals surface area (Å²) in [6, 6.07) is 8.63. The number of ether oxygens (including phenoxy) is 6. The van der Waals surface area contributed by atoms with Crippen molar-refractivity contribution in [3.05, 3.63) is 59.2 Å². The third-order valence-electron chi connectivity index (χ3n) is 14.3. The van der Waals surface area contributed by atoms with E-state index in [1.807, 2.05) is 57.2 Å². The average Bonchev–Trinajstić information content (AvgIpc) is 3.29. The molecule has 3 aliphatic heterocycles. The molecule has 364 valence electrons. The van der Waals surface area contributed by atoms with Crippen LogP contribution in [0, 0.1) is 29.6 Å². The van der Waals surface area contributed by atoms with Gasteiger partial charge in [-0.1, -0.05) is 75.8 Å². The first-order chi connectivity index (χ1) is 31.0. The topological polar surface area (TPSA) is 193 Å². The molecule has 1 aliphatic carbocycles. The Morgan fingerprint density at radius 2 is 1.65 bits per heavy atom. The number of piperidine rings is 1. The van der Waals surface area contributed by atoms with Crippen LogP contribution in [0.2, 0.25) is 0 Å².